The Morgan fingerprint density at radius 2 is 1.00 bits per heavy atom. The predicted octanol–water partition coefficient (Wildman–Crippen LogP) is 8.17. The molecule has 0 heterocycles. The summed E-state index contributed by atoms with van der Waals surface area (Å²) in [6, 6.07) is 43.7. The minimum Gasteiger partial charge on any atom is -0.262 e. The van der Waals surface area contributed by atoms with Gasteiger partial charge in [0.15, 0.2) is 0 Å². The van der Waals surface area contributed by atoms with Crippen molar-refractivity contribution in [2.45, 2.75) is 11.8 Å². The molecule has 38 heavy (non-hydrogen) atoms. The Bertz CT molecular complexity index is 1540. The molecule has 0 fully saturated rings. The Balaban J connectivity index is 1.45. The van der Waals surface area contributed by atoms with E-state index in [2.05, 4.69) is 72.8 Å². The van der Waals surface area contributed by atoms with Crippen LogP contribution in [0.15, 0.2) is 144 Å². The molecular weight excluding hydrogens is 488 g/mol. The van der Waals surface area contributed by atoms with Gasteiger partial charge < -0.3 is 0 Å². The molecule has 0 saturated carbocycles. The van der Waals surface area contributed by atoms with Gasteiger partial charge in [-0.15, -0.1) is 0 Å². The van der Waals surface area contributed by atoms with Crippen LogP contribution in [0, 0.1) is 6.92 Å². The van der Waals surface area contributed by atoms with Gasteiger partial charge in [-0.05, 0) is 64.1 Å². The van der Waals surface area contributed by atoms with Gasteiger partial charge in [-0.1, -0.05) is 127 Å². The third-order valence-electron chi connectivity index (χ3n) is 6.43. The van der Waals surface area contributed by atoms with Crippen molar-refractivity contribution in [3.05, 3.63) is 156 Å². The first-order valence-electron chi connectivity index (χ1n) is 12.5. The first-order chi connectivity index (χ1) is 18.5. The van der Waals surface area contributed by atoms with Gasteiger partial charge in [-0.3, -0.25) is 4.18 Å². The van der Waals surface area contributed by atoms with Crippen LogP contribution in [0.2, 0.25) is 0 Å². The predicted molar refractivity (Wildman–Crippen MR) is 155 cm³/mol. The fourth-order valence-corrected chi connectivity index (χ4v) is 5.18. The van der Waals surface area contributed by atoms with Gasteiger partial charge >= 0.3 is 0 Å². The molecule has 0 unspecified atom stereocenters. The lowest BCUT2D eigenvalue weighted by molar-refractivity contribution is 0.357. The largest absolute Gasteiger partial charge is 0.297 e. The number of hydrogen-bond donors (Lipinski definition) is 0. The lowest BCUT2D eigenvalue weighted by Crippen LogP contribution is -2.07. The van der Waals surface area contributed by atoms with Crippen LogP contribution in [0.4, 0.5) is 0 Å². The van der Waals surface area contributed by atoms with Crippen molar-refractivity contribution >= 4 is 15.7 Å². The summed E-state index contributed by atoms with van der Waals surface area (Å²) < 4.78 is 30.9. The van der Waals surface area contributed by atoms with Gasteiger partial charge in [0, 0.05) is 0 Å². The normalized spacial score (nSPS) is 11.2. The van der Waals surface area contributed by atoms with Crippen molar-refractivity contribution in [1.82, 2.24) is 0 Å². The van der Waals surface area contributed by atoms with Crippen LogP contribution >= 0.6 is 0 Å². The van der Waals surface area contributed by atoms with E-state index in [0.29, 0.717) is 0 Å². The highest BCUT2D eigenvalue weighted by molar-refractivity contribution is 7.86. The van der Waals surface area contributed by atoms with E-state index in [1.807, 2.05) is 49.4 Å². The molecule has 0 N–H and O–H groups in total. The summed E-state index contributed by atoms with van der Waals surface area (Å²) in [5.41, 5.74) is 8.38. The van der Waals surface area contributed by atoms with Crippen LogP contribution in [0.3, 0.4) is 0 Å². The molecule has 0 bridgehead atoms. The molecule has 0 atom stereocenters. The van der Waals surface area contributed by atoms with E-state index >= 15 is 0 Å². The van der Waals surface area contributed by atoms with Crippen LogP contribution in [-0.2, 0) is 14.3 Å². The van der Waals surface area contributed by atoms with Crippen LogP contribution in [0.5, 0.6) is 0 Å². The monoisotopic (exact) mass is 516 g/mol. The van der Waals surface area contributed by atoms with Gasteiger partial charge in [-0.25, -0.2) is 0 Å². The smallest absolute Gasteiger partial charge is 0.262 e. The molecule has 188 valence electrons. The molecule has 0 aliphatic rings. The average molecular weight is 517 g/mol. The van der Waals surface area contributed by atoms with Gasteiger partial charge in [0.2, 0.25) is 0 Å². The SMILES string of the molecule is Cc1ccc(S(=O)(=O)OCC=C(c2ccc(-c3ccccc3)cc2)c2ccc(-c3ccccc3)cc2)cc1. The summed E-state index contributed by atoms with van der Waals surface area (Å²) in [6.45, 7) is 1.84. The summed E-state index contributed by atoms with van der Waals surface area (Å²) >= 11 is 0. The summed E-state index contributed by atoms with van der Waals surface area (Å²) in [7, 11) is -3.87. The maximum Gasteiger partial charge on any atom is 0.297 e. The summed E-state index contributed by atoms with van der Waals surface area (Å²) in [5, 5.41) is 0. The second-order valence-electron chi connectivity index (χ2n) is 9.06. The fourth-order valence-electron chi connectivity index (χ4n) is 4.33. The van der Waals surface area contributed by atoms with Crippen molar-refractivity contribution in [3.63, 3.8) is 0 Å². The zero-order valence-electron chi connectivity index (χ0n) is 21.1. The average Bonchev–Trinajstić information content (AvgIpc) is 2.97. The van der Waals surface area contributed by atoms with E-state index < -0.39 is 10.1 Å². The molecular formula is C34H28O3S. The molecule has 5 aromatic rings. The Hall–Kier alpha value is -4.25. The lowest BCUT2D eigenvalue weighted by Gasteiger charge is -2.12. The van der Waals surface area contributed by atoms with E-state index in [4.69, 9.17) is 4.18 Å². The number of aryl methyl sites for hydroxylation is 1. The van der Waals surface area contributed by atoms with E-state index in [1.54, 1.807) is 24.3 Å². The zero-order chi connectivity index (χ0) is 26.4. The second kappa shape index (κ2) is 11.4. The molecule has 0 saturated heterocycles. The van der Waals surface area contributed by atoms with Crippen LogP contribution in [0.1, 0.15) is 16.7 Å². The maximum absolute atomic E-state index is 12.7. The third kappa shape index (κ3) is 6.00. The zero-order valence-corrected chi connectivity index (χ0v) is 21.9. The summed E-state index contributed by atoms with van der Waals surface area (Å²) in [4.78, 5) is 0.150. The Labute approximate surface area is 224 Å². The van der Waals surface area contributed by atoms with E-state index in [1.165, 1.54) is 0 Å². The van der Waals surface area contributed by atoms with Crippen molar-refractivity contribution in [3.8, 4) is 22.3 Å². The van der Waals surface area contributed by atoms with Crippen molar-refractivity contribution in [1.29, 1.82) is 0 Å². The maximum atomic E-state index is 12.7. The topological polar surface area (TPSA) is 43.4 Å². The Morgan fingerprint density at radius 3 is 1.45 bits per heavy atom. The number of hydrogen-bond acceptors (Lipinski definition) is 3. The summed E-state index contributed by atoms with van der Waals surface area (Å²) in [5.74, 6) is 0. The standard InChI is InChI=1S/C34H28O3S/c1-26-12-22-33(23-13-26)38(35,36)37-25-24-34(31-18-14-29(15-19-31)27-8-4-2-5-9-27)32-20-16-30(17-21-32)28-10-6-3-7-11-28/h2-24H,25H2,1H3. The van der Waals surface area contributed by atoms with E-state index in [-0.39, 0.29) is 11.5 Å². The highest BCUT2D eigenvalue weighted by Crippen LogP contribution is 2.29. The first kappa shape index (κ1) is 25.4. The molecule has 0 spiro atoms. The fraction of sp³-hybridized carbons (Fsp3) is 0.0588. The molecule has 3 nitrogen and oxygen atoms in total. The Morgan fingerprint density at radius 1 is 0.579 bits per heavy atom. The number of rotatable bonds is 8. The second-order valence-corrected chi connectivity index (χ2v) is 10.7. The third-order valence-corrected chi connectivity index (χ3v) is 7.72. The Kier molecular flexibility index (Phi) is 7.64. The van der Waals surface area contributed by atoms with Gasteiger partial charge in [0.05, 0.1) is 11.5 Å². The van der Waals surface area contributed by atoms with Crippen molar-refractivity contribution < 1.29 is 12.6 Å². The molecule has 5 aromatic carbocycles. The summed E-state index contributed by atoms with van der Waals surface area (Å²) in [6.07, 6.45) is 1.83. The quantitative estimate of drug-likeness (QED) is 0.195. The molecule has 4 heteroatoms. The van der Waals surface area contributed by atoms with Gasteiger partial charge in [-0.2, -0.15) is 8.42 Å². The first-order valence-corrected chi connectivity index (χ1v) is 13.9. The highest BCUT2D eigenvalue weighted by Gasteiger charge is 2.15. The molecule has 0 aliphatic carbocycles. The van der Waals surface area contributed by atoms with Crippen molar-refractivity contribution in [2.24, 2.45) is 0 Å². The highest BCUT2D eigenvalue weighted by atomic mass is 32.2. The minimum absolute atomic E-state index is 0.0770. The van der Waals surface area contributed by atoms with E-state index in [9.17, 15) is 8.42 Å². The molecule has 0 amide bonds. The van der Waals surface area contributed by atoms with Crippen LogP contribution < -0.4 is 0 Å². The molecule has 0 radical (unpaired) electrons. The lowest BCUT2D eigenvalue weighted by atomic mass is 9.94. The minimum atomic E-state index is -3.87. The van der Waals surface area contributed by atoms with Gasteiger partial charge in [0.25, 0.3) is 10.1 Å². The van der Waals surface area contributed by atoms with Crippen molar-refractivity contribution in [2.75, 3.05) is 6.61 Å². The number of benzene rings is 5. The molecule has 5 rings (SSSR count). The molecule has 0 aliphatic heterocycles. The van der Waals surface area contributed by atoms with E-state index in [0.717, 1.165) is 44.5 Å². The van der Waals surface area contributed by atoms with Gasteiger partial charge in [0.1, 0.15) is 0 Å². The molecule has 0 aromatic heterocycles. The van der Waals surface area contributed by atoms with Crippen LogP contribution in [0.25, 0.3) is 27.8 Å². The van der Waals surface area contributed by atoms with Crippen LogP contribution in [-0.4, -0.2) is 15.0 Å².